The van der Waals surface area contributed by atoms with E-state index in [4.69, 9.17) is 0 Å². The molecule has 0 fully saturated rings. The number of hydrogen-bond donors (Lipinski definition) is 1. The fourth-order valence-corrected chi connectivity index (χ4v) is 2.28. The number of benzene rings is 1. The van der Waals surface area contributed by atoms with Crippen LogP contribution in [-0.2, 0) is 4.79 Å². The minimum absolute atomic E-state index is 0.126. The number of unbranched alkanes of at least 4 members (excludes halogenated alkanes) is 1. The largest absolute Gasteiger partial charge is 0.355 e. The average Bonchev–Trinajstić information content (AvgIpc) is 2.37. The zero-order valence-corrected chi connectivity index (χ0v) is 12.3. The fraction of sp³-hybridized carbons (Fsp3) is 0.533. The molecule has 0 heterocycles. The Kier molecular flexibility index (Phi) is 6.88. The Hall–Kier alpha value is -0.960. The van der Waals surface area contributed by atoms with E-state index in [2.05, 4.69) is 50.4 Å². The number of carbonyl (C=O) groups excluding carboxylic acids is 1. The van der Waals surface area contributed by atoms with Crippen molar-refractivity contribution in [3.8, 4) is 0 Å². The van der Waals surface area contributed by atoms with Gasteiger partial charge in [0, 0.05) is 11.4 Å². The molecule has 0 unspecified atom stereocenters. The summed E-state index contributed by atoms with van der Waals surface area (Å²) >= 11 is 1.59. The molecule has 0 saturated carbocycles. The first-order valence-corrected chi connectivity index (χ1v) is 7.61. The van der Waals surface area contributed by atoms with Crippen molar-refractivity contribution in [1.82, 2.24) is 5.32 Å². The van der Waals surface area contributed by atoms with Crippen molar-refractivity contribution in [2.45, 2.75) is 44.4 Å². The Bertz CT molecular complexity index is 359. The minimum Gasteiger partial charge on any atom is -0.355 e. The molecular formula is C15H23NOS. The van der Waals surface area contributed by atoms with E-state index in [0.29, 0.717) is 11.7 Å². The molecule has 0 atom stereocenters. The van der Waals surface area contributed by atoms with E-state index in [1.165, 1.54) is 5.56 Å². The van der Waals surface area contributed by atoms with Crippen molar-refractivity contribution in [3.05, 3.63) is 29.8 Å². The van der Waals surface area contributed by atoms with Gasteiger partial charge in [-0.15, -0.1) is 11.8 Å². The van der Waals surface area contributed by atoms with Gasteiger partial charge in [-0.3, -0.25) is 4.79 Å². The van der Waals surface area contributed by atoms with Crippen molar-refractivity contribution >= 4 is 17.7 Å². The third-order valence-corrected chi connectivity index (χ3v) is 3.78. The standard InChI is InChI=1S/C15H23NOS/c1-4-5-10-16-15(17)11-18-14-8-6-13(7-9-14)12(2)3/h6-9,12H,4-5,10-11H2,1-3H3,(H,16,17). The Morgan fingerprint density at radius 2 is 1.94 bits per heavy atom. The molecule has 0 saturated heterocycles. The van der Waals surface area contributed by atoms with Crippen molar-refractivity contribution in [1.29, 1.82) is 0 Å². The van der Waals surface area contributed by atoms with E-state index in [-0.39, 0.29) is 5.91 Å². The number of carbonyl (C=O) groups is 1. The number of hydrogen-bond acceptors (Lipinski definition) is 2. The molecule has 0 aromatic heterocycles. The van der Waals surface area contributed by atoms with Crippen LogP contribution < -0.4 is 5.32 Å². The van der Waals surface area contributed by atoms with Gasteiger partial charge in [0.2, 0.25) is 5.91 Å². The summed E-state index contributed by atoms with van der Waals surface area (Å²) in [7, 11) is 0. The van der Waals surface area contributed by atoms with Gasteiger partial charge in [-0.05, 0) is 30.0 Å². The fourth-order valence-electron chi connectivity index (χ4n) is 1.55. The summed E-state index contributed by atoms with van der Waals surface area (Å²) in [6, 6.07) is 8.47. The summed E-state index contributed by atoms with van der Waals surface area (Å²) in [5.74, 6) is 1.19. The Morgan fingerprint density at radius 1 is 1.28 bits per heavy atom. The van der Waals surface area contributed by atoms with Crippen LogP contribution in [0.4, 0.5) is 0 Å². The molecule has 0 aliphatic rings. The maximum atomic E-state index is 11.5. The molecule has 0 aliphatic heterocycles. The van der Waals surface area contributed by atoms with Crippen LogP contribution in [0, 0.1) is 0 Å². The second-order valence-electron chi connectivity index (χ2n) is 4.72. The summed E-state index contributed by atoms with van der Waals surface area (Å²) in [5, 5.41) is 2.92. The Labute approximate surface area is 115 Å². The molecular weight excluding hydrogens is 242 g/mol. The van der Waals surface area contributed by atoms with Gasteiger partial charge < -0.3 is 5.32 Å². The molecule has 0 spiro atoms. The molecule has 0 bridgehead atoms. The van der Waals surface area contributed by atoms with Crippen molar-refractivity contribution < 1.29 is 4.79 Å². The van der Waals surface area contributed by atoms with Crippen LogP contribution in [0.3, 0.4) is 0 Å². The predicted molar refractivity (Wildman–Crippen MR) is 79.2 cm³/mol. The van der Waals surface area contributed by atoms with Crippen LogP contribution in [0.5, 0.6) is 0 Å². The molecule has 1 aromatic carbocycles. The Morgan fingerprint density at radius 3 is 2.50 bits per heavy atom. The van der Waals surface area contributed by atoms with Gasteiger partial charge >= 0.3 is 0 Å². The maximum absolute atomic E-state index is 11.5. The zero-order chi connectivity index (χ0) is 13.4. The molecule has 1 amide bonds. The SMILES string of the molecule is CCCCNC(=O)CSc1ccc(C(C)C)cc1. The van der Waals surface area contributed by atoms with Crippen LogP contribution in [0.25, 0.3) is 0 Å². The second-order valence-corrected chi connectivity index (χ2v) is 5.76. The highest BCUT2D eigenvalue weighted by Gasteiger charge is 2.03. The number of rotatable bonds is 7. The molecule has 1 N–H and O–H groups in total. The molecule has 1 aromatic rings. The van der Waals surface area contributed by atoms with Crippen LogP contribution in [0.15, 0.2) is 29.2 Å². The number of amides is 1. The average molecular weight is 265 g/mol. The summed E-state index contributed by atoms with van der Waals surface area (Å²) in [5.41, 5.74) is 1.34. The topological polar surface area (TPSA) is 29.1 Å². The lowest BCUT2D eigenvalue weighted by molar-refractivity contribution is -0.118. The zero-order valence-electron chi connectivity index (χ0n) is 11.5. The molecule has 0 radical (unpaired) electrons. The molecule has 0 aliphatic carbocycles. The van der Waals surface area contributed by atoms with E-state index < -0.39 is 0 Å². The molecule has 1 rings (SSSR count). The highest BCUT2D eigenvalue weighted by Crippen LogP contribution is 2.21. The van der Waals surface area contributed by atoms with Gasteiger partial charge in [0.25, 0.3) is 0 Å². The summed E-state index contributed by atoms with van der Waals surface area (Å²) in [4.78, 5) is 12.7. The first-order chi connectivity index (χ1) is 8.63. The van der Waals surface area contributed by atoms with Gasteiger partial charge in [0.15, 0.2) is 0 Å². The maximum Gasteiger partial charge on any atom is 0.230 e. The minimum atomic E-state index is 0.126. The van der Waals surface area contributed by atoms with Crippen molar-refractivity contribution in [2.24, 2.45) is 0 Å². The Balaban J connectivity index is 2.32. The molecule has 2 nitrogen and oxygen atoms in total. The number of nitrogens with one attached hydrogen (secondary N) is 1. The van der Waals surface area contributed by atoms with E-state index in [9.17, 15) is 4.79 Å². The number of thioether (sulfide) groups is 1. The van der Waals surface area contributed by atoms with Crippen LogP contribution in [0.1, 0.15) is 45.1 Å². The van der Waals surface area contributed by atoms with E-state index in [0.717, 1.165) is 24.3 Å². The van der Waals surface area contributed by atoms with E-state index in [1.54, 1.807) is 11.8 Å². The third kappa shape index (κ3) is 5.58. The first kappa shape index (κ1) is 15.1. The van der Waals surface area contributed by atoms with Gasteiger partial charge in [-0.2, -0.15) is 0 Å². The van der Waals surface area contributed by atoms with Crippen molar-refractivity contribution in [2.75, 3.05) is 12.3 Å². The van der Waals surface area contributed by atoms with Crippen LogP contribution in [0.2, 0.25) is 0 Å². The highest BCUT2D eigenvalue weighted by molar-refractivity contribution is 8.00. The highest BCUT2D eigenvalue weighted by atomic mass is 32.2. The van der Waals surface area contributed by atoms with E-state index >= 15 is 0 Å². The lowest BCUT2D eigenvalue weighted by atomic mass is 10.0. The summed E-state index contributed by atoms with van der Waals surface area (Å²) in [6.45, 7) is 7.28. The van der Waals surface area contributed by atoms with Gasteiger partial charge in [0.1, 0.15) is 0 Å². The van der Waals surface area contributed by atoms with Gasteiger partial charge in [0.05, 0.1) is 5.75 Å². The predicted octanol–water partition coefficient (Wildman–Crippen LogP) is 3.82. The lowest BCUT2D eigenvalue weighted by Gasteiger charge is -2.07. The second kappa shape index (κ2) is 8.20. The van der Waals surface area contributed by atoms with Gasteiger partial charge in [-0.25, -0.2) is 0 Å². The molecule has 3 heteroatoms. The quantitative estimate of drug-likeness (QED) is 0.600. The van der Waals surface area contributed by atoms with Crippen molar-refractivity contribution in [3.63, 3.8) is 0 Å². The van der Waals surface area contributed by atoms with Gasteiger partial charge in [-0.1, -0.05) is 39.3 Å². The molecule has 100 valence electrons. The normalized spacial score (nSPS) is 10.7. The lowest BCUT2D eigenvalue weighted by Crippen LogP contribution is -2.25. The first-order valence-electron chi connectivity index (χ1n) is 6.63. The smallest absolute Gasteiger partial charge is 0.230 e. The van der Waals surface area contributed by atoms with Crippen LogP contribution >= 0.6 is 11.8 Å². The monoisotopic (exact) mass is 265 g/mol. The van der Waals surface area contributed by atoms with E-state index in [1.807, 2.05) is 0 Å². The molecule has 18 heavy (non-hydrogen) atoms. The summed E-state index contributed by atoms with van der Waals surface area (Å²) in [6.07, 6.45) is 2.17. The van der Waals surface area contributed by atoms with Crippen LogP contribution in [-0.4, -0.2) is 18.2 Å². The summed E-state index contributed by atoms with van der Waals surface area (Å²) < 4.78 is 0. The third-order valence-electron chi connectivity index (χ3n) is 2.77.